The first kappa shape index (κ1) is 126. The topological polar surface area (TPSA) is 139 Å². The van der Waals surface area contributed by atoms with E-state index in [9.17, 15) is 24.0 Å². The second kappa shape index (κ2) is 102. The quantitative estimate of drug-likeness (QED) is 0.120. The van der Waals surface area contributed by atoms with Crippen LogP contribution >= 0.6 is 24.0 Å². The largest absolute Gasteiger partial charge is 0.450 e. The van der Waals surface area contributed by atoms with E-state index in [1.165, 1.54) is 21.3 Å². The van der Waals surface area contributed by atoms with E-state index >= 15 is 0 Å². The van der Waals surface area contributed by atoms with Crippen LogP contribution in [0.5, 0.6) is 0 Å². The van der Waals surface area contributed by atoms with Crippen LogP contribution in [0.1, 0.15) is 211 Å². The second-order valence-electron chi connectivity index (χ2n) is 14.1. The lowest BCUT2D eigenvalue weighted by Crippen LogP contribution is -2.38. The third kappa shape index (κ3) is 106. The lowest BCUT2D eigenvalue weighted by molar-refractivity contribution is -0.129. The highest BCUT2D eigenvalue weighted by Crippen LogP contribution is 1.94. The zero-order valence-corrected chi connectivity index (χ0v) is 51.0. The molecule has 486 valence electrons. The summed E-state index contributed by atoms with van der Waals surface area (Å²) in [4.78, 5) is 67.8. The van der Waals surface area contributed by atoms with E-state index in [0.717, 1.165) is 64.1 Å². The van der Waals surface area contributed by atoms with E-state index in [-0.39, 0.29) is 91.0 Å². The molecule has 0 bridgehead atoms. The Balaban J connectivity index is -0.0000000316. The van der Waals surface area contributed by atoms with Gasteiger partial charge in [-0.25, -0.2) is 14.4 Å². The number of thiocarbonyl (C=S) groups is 1. The third-order valence-electron chi connectivity index (χ3n) is 9.20. The SMILES string of the molecule is C.C.C.C.C.C.C.C.C.CCC(=O)CC.CCC(=O)N(C)CC.CCN(C)C(=O)N(C)CC.CCN(C)C(=S)N(C)CC.CCN(C)CC.CCOC(=O)N(C)CC.CCOC(=O)N(C)CC.CCOCC.CCSCC. The number of rotatable bonds is 18. The van der Waals surface area contributed by atoms with Crippen molar-refractivity contribution in [3.05, 3.63) is 0 Å². The Kier molecular flexibility index (Phi) is 166. The highest BCUT2D eigenvalue weighted by Gasteiger charge is 2.09. The molecule has 0 aromatic rings. The fourth-order valence-electron chi connectivity index (χ4n) is 3.18. The number of amides is 5. The van der Waals surface area contributed by atoms with Gasteiger partial charge in [0.15, 0.2) is 5.11 Å². The first-order chi connectivity index (χ1) is 31.9. The number of carbonyl (C=O) groups excluding carboxylic acids is 5. The first-order valence-corrected chi connectivity index (χ1v) is 26.7. The van der Waals surface area contributed by atoms with Gasteiger partial charge >= 0.3 is 18.2 Å². The Morgan fingerprint density at radius 1 is 0.351 bits per heavy atom. The lowest BCUT2D eigenvalue weighted by Gasteiger charge is -2.25. The van der Waals surface area contributed by atoms with Crippen molar-refractivity contribution in [1.82, 2.24) is 39.2 Å². The van der Waals surface area contributed by atoms with Crippen molar-refractivity contribution in [2.24, 2.45) is 0 Å². The number of urea groups is 1. The van der Waals surface area contributed by atoms with E-state index in [2.05, 4.69) is 72.8 Å². The number of hydrogen-bond donors (Lipinski definition) is 0. The Hall–Kier alpha value is -3.09. The van der Waals surface area contributed by atoms with Crippen molar-refractivity contribution in [2.45, 2.75) is 211 Å². The first-order valence-electron chi connectivity index (χ1n) is 25.1. The summed E-state index contributed by atoms with van der Waals surface area (Å²) < 4.78 is 14.2. The van der Waals surface area contributed by atoms with E-state index in [4.69, 9.17) is 17.0 Å². The van der Waals surface area contributed by atoms with Gasteiger partial charge in [0.2, 0.25) is 5.91 Å². The average molecular weight is 1160 g/mol. The molecule has 18 heteroatoms. The van der Waals surface area contributed by atoms with Crippen molar-refractivity contribution in [2.75, 3.05) is 153 Å². The van der Waals surface area contributed by atoms with Gasteiger partial charge in [0.1, 0.15) is 5.78 Å². The van der Waals surface area contributed by atoms with E-state index in [1.807, 2.05) is 102 Å². The van der Waals surface area contributed by atoms with Gasteiger partial charge in [0, 0.05) is 128 Å². The average Bonchev–Trinajstić information content (AvgIpc) is 3.37. The van der Waals surface area contributed by atoms with E-state index in [1.54, 1.807) is 56.7 Å². The number of nitrogens with zero attached hydrogens (tertiary/aromatic N) is 8. The molecule has 0 aliphatic heterocycles. The number of hydrogen-bond acceptors (Lipinski definition) is 11. The van der Waals surface area contributed by atoms with Crippen LogP contribution in [-0.2, 0) is 23.8 Å². The van der Waals surface area contributed by atoms with Crippen LogP contribution in [0.25, 0.3) is 0 Å². The van der Waals surface area contributed by atoms with E-state index in [0.29, 0.717) is 51.3 Å². The molecular formula is C59H150N8O8S2. The molecule has 0 spiro atoms. The maximum atomic E-state index is 11.2. The number of ketones is 1. The molecule has 0 atom stereocenters. The summed E-state index contributed by atoms with van der Waals surface area (Å²) in [5, 5.41) is 0.921. The van der Waals surface area contributed by atoms with Crippen molar-refractivity contribution < 1.29 is 38.2 Å². The summed E-state index contributed by atoms with van der Waals surface area (Å²) in [5.74, 6) is 3.08. The summed E-state index contributed by atoms with van der Waals surface area (Å²) in [6, 6.07) is 0.0880. The van der Waals surface area contributed by atoms with Gasteiger partial charge in [-0.1, -0.05) is 115 Å². The third-order valence-corrected chi connectivity index (χ3v) is 10.6. The monoisotopic (exact) mass is 1160 g/mol. The van der Waals surface area contributed by atoms with Gasteiger partial charge in [0.25, 0.3) is 0 Å². The van der Waals surface area contributed by atoms with Crippen molar-refractivity contribution in [3.63, 3.8) is 0 Å². The Morgan fingerprint density at radius 2 is 0.610 bits per heavy atom. The molecule has 0 rings (SSSR count). The van der Waals surface area contributed by atoms with Crippen LogP contribution < -0.4 is 0 Å². The van der Waals surface area contributed by atoms with Gasteiger partial charge in [0.05, 0.1) is 13.2 Å². The zero-order valence-electron chi connectivity index (χ0n) is 49.4. The van der Waals surface area contributed by atoms with Crippen LogP contribution in [0.4, 0.5) is 14.4 Å². The maximum Gasteiger partial charge on any atom is 0.409 e. The highest BCUT2D eigenvalue weighted by molar-refractivity contribution is 7.99. The van der Waals surface area contributed by atoms with Gasteiger partial charge < -0.3 is 53.4 Å². The highest BCUT2D eigenvalue weighted by atomic mass is 32.2. The molecule has 0 fully saturated rings. The molecule has 77 heavy (non-hydrogen) atoms. The summed E-state index contributed by atoms with van der Waals surface area (Å²) in [7, 11) is 15.0. The Morgan fingerprint density at radius 3 is 0.714 bits per heavy atom. The molecule has 0 unspecified atom stereocenters. The minimum atomic E-state index is -0.250. The van der Waals surface area contributed by atoms with Gasteiger partial charge in [-0.15, -0.1) is 0 Å². The molecule has 0 aliphatic carbocycles. The maximum absolute atomic E-state index is 11.2. The predicted octanol–water partition coefficient (Wildman–Crippen LogP) is 16.1. The van der Waals surface area contributed by atoms with Gasteiger partial charge in [-0.3, -0.25) is 9.59 Å². The normalized spacial score (nSPS) is 7.88. The van der Waals surface area contributed by atoms with E-state index < -0.39 is 0 Å². The second-order valence-corrected chi connectivity index (χ2v) is 16.0. The van der Waals surface area contributed by atoms with Gasteiger partial charge in [-0.2, -0.15) is 11.8 Å². The minimum absolute atomic E-state index is 0. The molecule has 0 heterocycles. The molecule has 0 saturated carbocycles. The van der Waals surface area contributed by atoms with Crippen LogP contribution in [0.3, 0.4) is 0 Å². The minimum Gasteiger partial charge on any atom is -0.450 e. The zero-order chi connectivity index (χ0) is 55.6. The molecule has 5 amide bonds. The lowest BCUT2D eigenvalue weighted by atomic mass is 10.3. The Bertz CT molecular complexity index is 1010. The number of carbonyl (C=O) groups is 5. The molecule has 0 radical (unpaired) electrons. The molecule has 0 aromatic heterocycles. The fraction of sp³-hybridized carbons (Fsp3) is 0.898. The Labute approximate surface area is 498 Å². The summed E-state index contributed by atoms with van der Waals surface area (Å²) in [6.07, 6.45) is 1.50. The fourth-order valence-corrected chi connectivity index (χ4v) is 3.84. The van der Waals surface area contributed by atoms with Crippen LogP contribution in [0.15, 0.2) is 0 Å². The number of thioether (sulfide) groups is 1. The molecular weight excluding hydrogens is 1010 g/mol. The van der Waals surface area contributed by atoms with Crippen molar-refractivity contribution in [3.8, 4) is 0 Å². The summed E-state index contributed by atoms with van der Waals surface area (Å²) in [6.45, 7) is 46.3. The summed E-state index contributed by atoms with van der Waals surface area (Å²) >= 11 is 7.11. The van der Waals surface area contributed by atoms with Gasteiger partial charge in [-0.05, 0) is 120 Å². The molecule has 0 aromatic carbocycles. The predicted molar refractivity (Wildman–Crippen MR) is 361 cm³/mol. The molecule has 0 N–H and O–H groups in total. The molecule has 0 aliphatic rings. The van der Waals surface area contributed by atoms with Crippen LogP contribution in [-0.4, -0.2) is 227 Å². The van der Waals surface area contributed by atoms with Crippen LogP contribution in [0.2, 0.25) is 0 Å². The summed E-state index contributed by atoms with van der Waals surface area (Å²) in [5.41, 5.74) is 0. The number of Topliss-reactive ketones (excluding diaryl/α,β-unsaturated/α-hetero) is 1. The smallest absolute Gasteiger partial charge is 0.409 e. The number of ether oxygens (including phenoxy) is 3. The van der Waals surface area contributed by atoms with Crippen molar-refractivity contribution >= 4 is 59.0 Å². The van der Waals surface area contributed by atoms with Crippen molar-refractivity contribution in [1.29, 1.82) is 0 Å². The standard InChI is InChI=1S/C7H16N2O.C7H16N2S.2C6H13NO2.C6H13NO.C5H13N.C5H10O.C4H10O.C4H10S.9CH4/c2*1-5-8(3)7(10)9(4)6-2;2*1-4-7(3)6(8)9-5-2;1-4-6(8)7(3)5-2;1-4-6(3)5-2;1-3-5(6)4-2;2*1-3-5-4-2;;;;;;;;;/h2*5-6H2,1-4H3;2*4-5H2,1-3H3;4-5H2,1-3H3;4-5H2,1-3H3;3-4H2,1-2H3;2*3-4H2,1-2H3;9*1H4. The molecule has 16 nitrogen and oxygen atoms in total. The van der Waals surface area contributed by atoms with Crippen LogP contribution in [0, 0.1) is 0 Å². The molecule has 0 saturated heterocycles.